The molecule has 1 N–H and O–H groups in total. The Bertz CT molecular complexity index is 937. The highest BCUT2D eigenvalue weighted by atomic mass is 32.1. The van der Waals surface area contributed by atoms with Crippen LogP contribution in [0.5, 0.6) is 5.75 Å². The Balaban J connectivity index is 1.65. The van der Waals surface area contributed by atoms with Crippen molar-refractivity contribution in [2.45, 2.75) is 12.6 Å². The fraction of sp³-hybridized carbons (Fsp3) is 0.190. The van der Waals surface area contributed by atoms with Crippen molar-refractivity contribution < 1.29 is 9.13 Å². The third-order valence-electron chi connectivity index (χ3n) is 4.83. The first-order valence-electron chi connectivity index (χ1n) is 8.78. The summed E-state index contributed by atoms with van der Waals surface area (Å²) in [6, 6.07) is 18.5. The topological polar surface area (TPSA) is 29.4 Å². The minimum atomic E-state index is -0.265. The number of benzene rings is 2. The summed E-state index contributed by atoms with van der Waals surface area (Å²) in [6.07, 6.45) is 2.10. The summed E-state index contributed by atoms with van der Waals surface area (Å²) < 4.78 is 20.7. The van der Waals surface area contributed by atoms with E-state index in [1.165, 1.54) is 17.8 Å². The molecule has 4 nitrogen and oxygen atoms in total. The van der Waals surface area contributed by atoms with Gasteiger partial charge in [-0.25, -0.2) is 4.39 Å². The monoisotopic (exact) mass is 381 g/mol. The molecule has 0 bridgehead atoms. The van der Waals surface area contributed by atoms with E-state index >= 15 is 0 Å². The van der Waals surface area contributed by atoms with E-state index < -0.39 is 0 Å². The van der Waals surface area contributed by atoms with Crippen LogP contribution in [0.4, 0.5) is 10.1 Å². The Hall–Kier alpha value is -2.86. The minimum Gasteiger partial charge on any atom is -0.497 e. The van der Waals surface area contributed by atoms with Crippen molar-refractivity contribution in [1.29, 1.82) is 0 Å². The first-order valence-corrected chi connectivity index (χ1v) is 9.19. The number of nitrogens with one attached hydrogen (secondary N) is 1. The summed E-state index contributed by atoms with van der Waals surface area (Å²) in [4.78, 5) is 2.18. The number of halogens is 1. The summed E-state index contributed by atoms with van der Waals surface area (Å²) in [5.41, 5.74) is 3.10. The maximum atomic E-state index is 13.2. The van der Waals surface area contributed by atoms with Crippen molar-refractivity contribution in [2.75, 3.05) is 19.0 Å². The molecule has 0 aliphatic carbocycles. The number of methoxy groups -OCH3 is 1. The number of fused-ring (bicyclic) bond motifs is 1. The molecular formula is C21H20FN3OS. The summed E-state index contributed by atoms with van der Waals surface area (Å²) in [5, 5.41) is 3.86. The highest BCUT2D eigenvalue weighted by molar-refractivity contribution is 7.80. The van der Waals surface area contributed by atoms with Gasteiger partial charge in [0.25, 0.3) is 0 Å². The largest absolute Gasteiger partial charge is 0.497 e. The van der Waals surface area contributed by atoms with Gasteiger partial charge in [-0.05, 0) is 66.3 Å². The van der Waals surface area contributed by atoms with Crippen LogP contribution in [0.3, 0.4) is 0 Å². The Morgan fingerprint density at radius 2 is 1.81 bits per heavy atom. The summed E-state index contributed by atoms with van der Waals surface area (Å²) in [7, 11) is 1.66. The molecule has 1 unspecified atom stereocenters. The molecule has 0 spiro atoms. The van der Waals surface area contributed by atoms with Crippen LogP contribution in [0.25, 0.3) is 0 Å². The van der Waals surface area contributed by atoms with Gasteiger partial charge >= 0.3 is 0 Å². The van der Waals surface area contributed by atoms with Crippen LogP contribution in [-0.4, -0.2) is 28.2 Å². The number of anilines is 1. The number of rotatable bonds is 3. The van der Waals surface area contributed by atoms with Crippen LogP contribution in [0.2, 0.25) is 0 Å². The van der Waals surface area contributed by atoms with Gasteiger partial charge in [0, 0.05) is 30.7 Å². The van der Waals surface area contributed by atoms with E-state index in [1.54, 1.807) is 19.2 Å². The number of hydrogen-bond acceptors (Lipinski definition) is 2. The van der Waals surface area contributed by atoms with Crippen molar-refractivity contribution in [3.63, 3.8) is 0 Å². The van der Waals surface area contributed by atoms with Crippen molar-refractivity contribution >= 4 is 23.0 Å². The molecule has 0 fully saturated rings. The van der Waals surface area contributed by atoms with Gasteiger partial charge in [0.05, 0.1) is 13.2 Å². The zero-order chi connectivity index (χ0) is 18.8. The second kappa shape index (κ2) is 7.40. The second-order valence-electron chi connectivity index (χ2n) is 6.43. The number of hydrogen-bond donors (Lipinski definition) is 1. The lowest BCUT2D eigenvalue weighted by Gasteiger charge is -2.39. The average molecular weight is 381 g/mol. The highest BCUT2D eigenvalue weighted by Crippen LogP contribution is 2.33. The fourth-order valence-corrected chi connectivity index (χ4v) is 3.78. The molecule has 1 atom stereocenters. The third-order valence-corrected chi connectivity index (χ3v) is 5.16. The summed E-state index contributed by atoms with van der Waals surface area (Å²) >= 11 is 5.70. The number of thiocarbonyl (C=S) groups is 1. The van der Waals surface area contributed by atoms with E-state index in [0.717, 1.165) is 30.1 Å². The van der Waals surface area contributed by atoms with E-state index in [1.807, 2.05) is 12.1 Å². The van der Waals surface area contributed by atoms with Gasteiger partial charge in [0.15, 0.2) is 5.11 Å². The number of ether oxygens (including phenoxy) is 1. The van der Waals surface area contributed by atoms with Crippen LogP contribution in [0.1, 0.15) is 17.3 Å². The van der Waals surface area contributed by atoms with E-state index in [2.05, 4.69) is 45.2 Å². The van der Waals surface area contributed by atoms with Crippen LogP contribution in [-0.2, 0) is 6.54 Å². The number of nitrogens with zero attached hydrogens (tertiary/aromatic N) is 2. The maximum absolute atomic E-state index is 13.2. The summed E-state index contributed by atoms with van der Waals surface area (Å²) in [5.74, 6) is 0.557. The van der Waals surface area contributed by atoms with E-state index in [0.29, 0.717) is 5.11 Å². The van der Waals surface area contributed by atoms with E-state index in [9.17, 15) is 4.39 Å². The molecule has 2 heterocycles. The third kappa shape index (κ3) is 3.53. The fourth-order valence-electron chi connectivity index (χ4n) is 3.47. The van der Waals surface area contributed by atoms with E-state index in [4.69, 9.17) is 17.0 Å². The molecule has 0 saturated carbocycles. The lowest BCUT2D eigenvalue weighted by atomic mass is 10.00. The van der Waals surface area contributed by atoms with Crippen molar-refractivity contribution in [1.82, 2.24) is 9.47 Å². The zero-order valence-corrected chi connectivity index (χ0v) is 15.7. The van der Waals surface area contributed by atoms with Gasteiger partial charge in [0.2, 0.25) is 0 Å². The molecule has 1 aliphatic heterocycles. The molecule has 27 heavy (non-hydrogen) atoms. The predicted molar refractivity (Wildman–Crippen MR) is 109 cm³/mol. The Labute approximate surface area is 163 Å². The van der Waals surface area contributed by atoms with Crippen LogP contribution < -0.4 is 10.1 Å². The van der Waals surface area contributed by atoms with Crippen molar-refractivity contribution in [3.05, 3.63) is 83.9 Å². The van der Waals surface area contributed by atoms with Crippen molar-refractivity contribution in [2.24, 2.45) is 0 Å². The van der Waals surface area contributed by atoms with Crippen LogP contribution in [0.15, 0.2) is 66.9 Å². The van der Waals surface area contributed by atoms with Crippen LogP contribution >= 0.6 is 12.2 Å². The molecule has 2 aromatic carbocycles. The lowest BCUT2D eigenvalue weighted by Crippen LogP contribution is -2.44. The molecule has 0 saturated heterocycles. The maximum Gasteiger partial charge on any atom is 0.174 e. The normalized spacial score (nSPS) is 15.9. The Kier molecular flexibility index (Phi) is 4.81. The van der Waals surface area contributed by atoms with Gasteiger partial charge in [-0.15, -0.1) is 0 Å². The molecule has 138 valence electrons. The van der Waals surface area contributed by atoms with Gasteiger partial charge in [0.1, 0.15) is 11.6 Å². The molecule has 0 amide bonds. The molecule has 1 aliphatic rings. The molecule has 3 aromatic rings. The highest BCUT2D eigenvalue weighted by Gasteiger charge is 2.30. The predicted octanol–water partition coefficient (Wildman–Crippen LogP) is 4.44. The number of aromatic nitrogens is 1. The molecular weight excluding hydrogens is 361 g/mol. The van der Waals surface area contributed by atoms with Gasteiger partial charge in [-0.3, -0.25) is 0 Å². The molecule has 4 rings (SSSR count). The average Bonchev–Trinajstić information content (AvgIpc) is 3.18. The first-order chi connectivity index (χ1) is 13.2. The van der Waals surface area contributed by atoms with Gasteiger partial charge < -0.3 is 19.5 Å². The Morgan fingerprint density at radius 3 is 2.52 bits per heavy atom. The molecule has 6 heteroatoms. The minimum absolute atomic E-state index is 0.0000967. The Morgan fingerprint density at radius 1 is 1.07 bits per heavy atom. The molecule has 1 aromatic heterocycles. The summed E-state index contributed by atoms with van der Waals surface area (Å²) in [6.45, 7) is 1.64. The zero-order valence-electron chi connectivity index (χ0n) is 14.9. The van der Waals surface area contributed by atoms with E-state index in [-0.39, 0.29) is 11.9 Å². The van der Waals surface area contributed by atoms with Gasteiger partial charge in [-0.2, -0.15) is 0 Å². The molecule has 0 radical (unpaired) electrons. The SMILES string of the molecule is COc1ccc(C2c3cccn3CCN2C(=S)Nc2ccc(F)cc2)cc1. The van der Waals surface area contributed by atoms with Crippen molar-refractivity contribution in [3.8, 4) is 5.75 Å². The standard InChI is InChI=1S/C21H20FN3OS/c1-26-18-10-4-15(5-11-18)20-19-3-2-12-24(19)13-14-25(20)21(27)23-17-8-6-16(22)7-9-17/h2-12,20H,13-14H2,1H3,(H,23,27). The smallest absolute Gasteiger partial charge is 0.174 e. The van der Waals surface area contributed by atoms with Crippen LogP contribution in [0, 0.1) is 5.82 Å². The second-order valence-corrected chi connectivity index (χ2v) is 6.82. The first kappa shape index (κ1) is 17.5. The lowest BCUT2D eigenvalue weighted by molar-refractivity contribution is 0.293. The quantitative estimate of drug-likeness (QED) is 0.680. The van der Waals surface area contributed by atoms with Gasteiger partial charge in [-0.1, -0.05) is 12.1 Å².